The van der Waals surface area contributed by atoms with Crippen molar-refractivity contribution in [1.82, 2.24) is 5.32 Å². The largest absolute Gasteiger partial charge is 0.445 e. The topological polar surface area (TPSA) is 38.3 Å². The van der Waals surface area contributed by atoms with E-state index in [1.807, 2.05) is 30.3 Å². The number of halogens is 3. The van der Waals surface area contributed by atoms with Crippen LogP contribution in [0.1, 0.15) is 17.5 Å². The molecule has 1 N–H and O–H groups in total. The minimum atomic E-state index is -0.514. The Morgan fingerprint density at radius 3 is 2.75 bits per heavy atom. The van der Waals surface area contributed by atoms with Crippen molar-refractivity contribution < 1.29 is 13.9 Å². The predicted octanol–water partition coefficient (Wildman–Crippen LogP) is 4.91. The van der Waals surface area contributed by atoms with Gasteiger partial charge in [0.25, 0.3) is 0 Å². The molecule has 6 heteroatoms. The first kappa shape index (κ1) is 18.3. The molecule has 0 radical (unpaired) electrons. The molecule has 2 rings (SSSR count). The molecule has 0 saturated heterocycles. The molecule has 0 aromatic heterocycles. The lowest BCUT2D eigenvalue weighted by Gasteiger charge is -2.05. The van der Waals surface area contributed by atoms with Crippen molar-refractivity contribution in [3.63, 3.8) is 0 Å². The lowest BCUT2D eigenvalue weighted by atomic mass is 10.2. The average Bonchev–Trinajstić information content (AvgIpc) is 2.55. The molecule has 0 atom stereocenters. The maximum atomic E-state index is 13.7. The Balaban J connectivity index is 1.74. The van der Waals surface area contributed by atoms with Crippen LogP contribution in [-0.4, -0.2) is 12.6 Å². The first-order valence-corrected chi connectivity index (χ1v) is 8.31. The summed E-state index contributed by atoms with van der Waals surface area (Å²) in [7, 11) is 0. The lowest BCUT2D eigenvalue weighted by Crippen LogP contribution is -2.24. The fourth-order valence-corrected chi connectivity index (χ4v) is 2.69. The quantitative estimate of drug-likeness (QED) is 0.574. The van der Waals surface area contributed by atoms with E-state index in [9.17, 15) is 9.18 Å². The van der Waals surface area contributed by atoms with Gasteiger partial charge in [0.1, 0.15) is 12.4 Å². The normalized spacial score (nSPS) is 9.79. The highest BCUT2D eigenvalue weighted by molar-refractivity contribution is 9.10. The zero-order valence-electron chi connectivity index (χ0n) is 12.6. The molecule has 0 heterocycles. The second-order valence-corrected chi connectivity index (χ2v) is 6.08. The van der Waals surface area contributed by atoms with Crippen molar-refractivity contribution in [2.24, 2.45) is 0 Å². The molecule has 0 aliphatic heterocycles. The van der Waals surface area contributed by atoms with Gasteiger partial charge in [-0.1, -0.05) is 53.8 Å². The van der Waals surface area contributed by atoms with Gasteiger partial charge < -0.3 is 10.1 Å². The number of carbonyl (C=O) groups excluding carboxylic acids is 1. The minimum absolute atomic E-state index is 0.210. The van der Waals surface area contributed by atoms with Gasteiger partial charge in [0, 0.05) is 22.5 Å². The molecule has 0 aliphatic carbocycles. The van der Waals surface area contributed by atoms with Crippen molar-refractivity contribution in [2.75, 3.05) is 6.54 Å². The number of nitrogens with one attached hydrogen (secondary N) is 1. The lowest BCUT2D eigenvalue weighted by molar-refractivity contribution is 0.140. The summed E-state index contributed by atoms with van der Waals surface area (Å²) in [4.78, 5) is 11.5. The summed E-state index contributed by atoms with van der Waals surface area (Å²) >= 11 is 8.95. The highest BCUT2D eigenvalue weighted by atomic mass is 79.9. The highest BCUT2D eigenvalue weighted by Gasteiger charge is 2.06. The van der Waals surface area contributed by atoms with E-state index in [4.69, 9.17) is 16.3 Å². The number of hydrogen-bond donors (Lipinski definition) is 1. The summed E-state index contributed by atoms with van der Waals surface area (Å²) in [6.45, 7) is 0.523. The number of amides is 1. The van der Waals surface area contributed by atoms with Gasteiger partial charge in [-0.25, -0.2) is 9.18 Å². The van der Waals surface area contributed by atoms with Crippen LogP contribution in [0.4, 0.5) is 9.18 Å². The zero-order valence-corrected chi connectivity index (χ0v) is 15.0. The molecule has 0 unspecified atom stereocenters. The summed E-state index contributed by atoms with van der Waals surface area (Å²) in [5.74, 6) is 5.03. The third-order valence-corrected chi connectivity index (χ3v) is 3.80. The Hall–Kier alpha value is -2.03. The minimum Gasteiger partial charge on any atom is -0.445 e. The summed E-state index contributed by atoms with van der Waals surface area (Å²) in [5, 5.41) is 2.89. The van der Waals surface area contributed by atoms with E-state index in [1.54, 1.807) is 6.07 Å². The summed E-state index contributed by atoms with van der Waals surface area (Å²) in [6.07, 6.45) is -0.144. The van der Waals surface area contributed by atoms with E-state index in [1.165, 1.54) is 6.07 Å². The Kier molecular flexibility index (Phi) is 7.10. The van der Waals surface area contributed by atoms with Crippen LogP contribution >= 0.6 is 27.5 Å². The zero-order chi connectivity index (χ0) is 17.4. The van der Waals surface area contributed by atoms with Crippen molar-refractivity contribution >= 4 is 33.6 Å². The monoisotopic (exact) mass is 409 g/mol. The van der Waals surface area contributed by atoms with Gasteiger partial charge in [-0.2, -0.15) is 0 Å². The van der Waals surface area contributed by atoms with E-state index in [2.05, 4.69) is 33.1 Å². The molecule has 124 valence electrons. The predicted molar refractivity (Wildman–Crippen MR) is 95.2 cm³/mol. The van der Waals surface area contributed by atoms with Crippen LogP contribution in [0.3, 0.4) is 0 Å². The van der Waals surface area contributed by atoms with Crippen molar-refractivity contribution in [3.05, 3.63) is 68.9 Å². The number of alkyl carbamates (subject to hydrolysis) is 1. The molecule has 24 heavy (non-hydrogen) atoms. The molecule has 2 aromatic carbocycles. The SMILES string of the molecule is O=C(NCCC#Cc1c(F)cc(Cl)cc1Br)OCc1ccccc1. The van der Waals surface area contributed by atoms with E-state index >= 15 is 0 Å². The van der Waals surface area contributed by atoms with Crippen LogP contribution in [0, 0.1) is 17.7 Å². The fourth-order valence-electron chi connectivity index (χ4n) is 1.81. The van der Waals surface area contributed by atoms with E-state index in [-0.39, 0.29) is 12.2 Å². The van der Waals surface area contributed by atoms with Gasteiger partial charge in [-0.05, 0) is 33.6 Å². The van der Waals surface area contributed by atoms with Crippen LogP contribution in [0.25, 0.3) is 0 Å². The number of ether oxygens (including phenoxy) is 1. The molecule has 3 nitrogen and oxygen atoms in total. The van der Waals surface area contributed by atoms with Gasteiger partial charge in [0.2, 0.25) is 0 Å². The van der Waals surface area contributed by atoms with Crippen molar-refractivity contribution in [2.45, 2.75) is 13.0 Å². The molecule has 0 bridgehead atoms. The Morgan fingerprint density at radius 2 is 2.04 bits per heavy atom. The van der Waals surface area contributed by atoms with Crippen molar-refractivity contribution in [1.29, 1.82) is 0 Å². The summed E-state index contributed by atoms with van der Waals surface area (Å²) in [6, 6.07) is 12.2. The smallest absolute Gasteiger partial charge is 0.407 e. The first-order chi connectivity index (χ1) is 11.6. The van der Waals surface area contributed by atoms with Crippen LogP contribution in [-0.2, 0) is 11.3 Å². The second kappa shape index (κ2) is 9.31. The first-order valence-electron chi connectivity index (χ1n) is 7.14. The molecule has 0 fully saturated rings. The van der Waals surface area contributed by atoms with E-state index in [0.29, 0.717) is 22.5 Å². The molecule has 2 aromatic rings. The number of benzene rings is 2. The number of rotatable bonds is 4. The van der Waals surface area contributed by atoms with Gasteiger partial charge >= 0.3 is 6.09 Å². The standard InChI is InChI=1S/C18H14BrClFNO2/c19-16-10-14(20)11-17(21)15(16)8-4-5-9-22-18(23)24-12-13-6-2-1-3-7-13/h1-3,6-7,10-11H,5,9,12H2,(H,22,23). The highest BCUT2D eigenvalue weighted by Crippen LogP contribution is 2.23. The molecule has 0 spiro atoms. The van der Waals surface area contributed by atoms with Crippen LogP contribution in [0.2, 0.25) is 5.02 Å². The molecule has 1 amide bonds. The Labute approximate surface area is 153 Å². The fraction of sp³-hybridized carbons (Fsp3) is 0.167. The summed E-state index contributed by atoms with van der Waals surface area (Å²) < 4.78 is 19.3. The van der Waals surface area contributed by atoms with Crippen LogP contribution in [0.5, 0.6) is 0 Å². The third-order valence-electron chi connectivity index (χ3n) is 2.95. The van der Waals surface area contributed by atoms with Gasteiger partial charge in [0.05, 0.1) is 5.56 Å². The van der Waals surface area contributed by atoms with E-state index < -0.39 is 11.9 Å². The van der Waals surface area contributed by atoms with Crippen LogP contribution < -0.4 is 5.32 Å². The maximum Gasteiger partial charge on any atom is 0.407 e. The van der Waals surface area contributed by atoms with Crippen LogP contribution in [0.15, 0.2) is 46.9 Å². The Bertz CT molecular complexity index is 749. The molecular weight excluding hydrogens is 397 g/mol. The molecule has 0 saturated carbocycles. The van der Waals surface area contributed by atoms with Gasteiger partial charge in [0.15, 0.2) is 0 Å². The number of carbonyl (C=O) groups is 1. The molecular formula is C18H14BrClFNO2. The number of hydrogen-bond acceptors (Lipinski definition) is 2. The van der Waals surface area contributed by atoms with Gasteiger partial charge in [-0.15, -0.1) is 0 Å². The van der Waals surface area contributed by atoms with E-state index in [0.717, 1.165) is 5.56 Å². The molecule has 0 aliphatic rings. The van der Waals surface area contributed by atoms with Gasteiger partial charge in [-0.3, -0.25) is 0 Å². The maximum absolute atomic E-state index is 13.7. The second-order valence-electron chi connectivity index (χ2n) is 4.78. The third kappa shape index (κ3) is 5.88. The Morgan fingerprint density at radius 1 is 1.29 bits per heavy atom. The average molecular weight is 411 g/mol. The summed E-state index contributed by atoms with van der Waals surface area (Å²) in [5.41, 5.74) is 1.15. The van der Waals surface area contributed by atoms with Crippen molar-refractivity contribution in [3.8, 4) is 11.8 Å².